The van der Waals surface area contributed by atoms with Gasteiger partial charge < -0.3 is 5.32 Å². The molecule has 1 N–H and O–H groups in total. The van der Waals surface area contributed by atoms with E-state index in [2.05, 4.69) is 5.32 Å². The number of amides is 1. The number of hydrogen-bond acceptors (Lipinski definition) is 3. The van der Waals surface area contributed by atoms with E-state index >= 15 is 0 Å². The van der Waals surface area contributed by atoms with Crippen molar-refractivity contribution in [3.8, 4) is 0 Å². The van der Waals surface area contributed by atoms with Crippen LogP contribution in [-0.4, -0.2) is 27.1 Å². The predicted molar refractivity (Wildman–Crippen MR) is 111 cm³/mol. The van der Waals surface area contributed by atoms with Crippen LogP contribution in [0.15, 0.2) is 60.7 Å². The van der Waals surface area contributed by atoms with Crippen LogP contribution in [-0.2, 0) is 14.8 Å². The summed E-state index contributed by atoms with van der Waals surface area (Å²) < 4.78 is 25.6. The highest BCUT2D eigenvalue weighted by Gasteiger charge is 2.22. The van der Waals surface area contributed by atoms with Gasteiger partial charge in [0.1, 0.15) is 6.54 Å². The molecule has 0 heterocycles. The fraction of sp³-hybridized carbons (Fsp3) is 0.150. The molecule has 0 unspecified atom stereocenters. The Morgan fingerprint density at radius 2 is 1.74 bits per heavy atom. The number of rotatable bonds is 5. The standard InChI is InChI=1S/C20H19ClN2O3S/c1-14-7-9-17(21)12-19(14)23(27(2,25)26)13-20(24)22-18-10-8-15-5-3-4-6-16(15)11-18/h3-12H,13H2,1-2H3,(H,22,24). The Morgan fingerprint density at radius 1 is 1.04 bits per heavy atom. The van der Waals surface area contributed by atoms with E-state index in [1.807, 2.05) is 36.4 Å². The maximum absolute atomic E-state index is 12.5. The first-order chi connectivity index (χ1) is 12.7. The van der Waals surface area contributed by atoms with E-state index < -0.39 is 15.9 Å². The normalized spacial score (nSPS) is 11.4. The molecule has 0 aliphatic heterocycles. The van der Waals surface area contributed by atoms with E-state index in [1.165, 1.54) is 0 Å². The van der Waals surface area contributed by atoms with Crippen molar-refractivity contribution in [2.75, 3.05) is 22.4 Å². The van der Waals surface area contributed by atoms with Crippen LogP contribution in [0.4, 0.5) is 11.4 Å². The van der Waals surface area contributed by atoms with E-state index in [0.29, 0.717) is 22.0 Å². The Morgan fingerprint density at radius 3 is 2.44 bits per heavy atom. The summed E-state index contributed by atoms with van der Waals surface area (Å²) in [7, 11) is -3.67. The fourth-order valence-corrected chi connectivity index (χ4v) is 3.90. The quantitative estimate of drug-likeness (QED) is 0.695. The smallest absolute Gasteiger partial charge is 0.245 e. The molecule has 5 nitrogen and oxygen atoms in total. The summed E-state index contributed by atoms with van der Waals surface area (Å²) in [5.41, 5.74) is 1.71. The average Bonchev–Trinajstić information content (AvgIpc) is 2.61. The highest BCUT2D eigenvalue weighted by molar-refractivity contribution is 7.92. The van der Waals surface area contributed by atoms with Gasteiger partial charge in [0.15, 0.2) is 0 Å². The number of carbonyl (C=O) groups excluding carboxylic acids is 1. The third kappa shape index (κ3) is 4.59. The third-order valence-electron chi connectivity index (χ3n) is 4.16. The van der Waals surface area contributed by atoms with Crippen LogP contribution < -0.4 is 9.62 Å². The molecule has 0 atom stereocenters. The van der Waals surface area contributed by atoms with Crippen molar-refractivity contribution in [2.24, 2.45) is 0 Å². The number of nitrogens with one attached hydrogen (secondary N) is 1. The van der Waals surface area contributed by atoms with Crippen LogP contribution >= 0.6 is 11.6 Å². The van der Waals surface area contributed by atoms with Crippen molar-refractivity contribution in [1.29, 1.82) is 0 Å². The van der Waals surface area contributed by atoms with Crippen molar-refractivity contribution in [1.82, 2.24) is 0 Å². The van der Waals surface area contributed by atoms with Gasteiger partial charge in [0, 0.05) is 10.7 Å². The van der Waals surface area contributed by atoms with Crippen LogP contribution in [0.3, 0.4) is 0 Å². The number of halogens is 1. The first-order valence-corrected chi connectivity index (χ1v) is 10.5. The van der Waals surface area contributed by atoms with Gasteiger partial charge in [-0.15, -0.1) is 0 Å². The summed E-state index contributed by atoms with van der Waals surface area (Å²) >= 11 is 6.01. The highest BCUT2D eigenvalue weighted by atomic mass is 35.5. The SMILES string of the molecule is Cc1ccc(Cl)cc1N(CC(=O)Nc1ccc2ccccc2c1)S(C)(=O)=O. The molecule has 3 aromatic rings. The summed E-state index contributed by atoms with van der Waals surface area (Å²) in [6.07, 6.45) is 1.07. The first kappa shape index (κ1) is 19.2. The maximum atomic E-state index is 12.5. The molecule has 0 spiro atoms. The molecular formula is C20H19ClN2O3S. The second-order valence-corrected chi connectivity index (χ2v) is 8.65. The van der Waals surface area contributed by atoms with Gasteiger partial charge in [-0.05, 0) is 47.5 Å². The van der Waals surface area contributed by atoms with Crippen molar-refractivity contribution < 1.29 is 13.2 Å². The zero-order valence-electron chi connectivity index (χ0n) is 14.9. The van der Waals surface area contributed by atoms with Crippen LogP contribution in [0.2, 0.25) is 5.02 Å². The first-order valence-electron chi connectivity index (χ1n) is 8.26. The molecule has 1 amide bonds. The molecule has 3 aromatic carbocycles. The third-order valence-corrected chi connectivity index (χ3v) is 5.52. The van der Waals surface area contributed by atoms with Gasteiger partial charge in [-0.25, -0.2) is 8.42 Å². The second-order valence-electron chi connectivity index (χ2n) is 6.31. The van der Waals surface area contributed by atoms with Gasteiger partial charge in [0.2, 0.25) is 15.9 Å². The van der Waals surface area contributed by atoms with E-state index in [1.54, 1.807) is 31.2 Å². The van der Waals surface area contributed by atoms with Crippen LogP contribution in [0, 0.1) is 6.92 Å². The van der Waals surface area contributed by atoms with Crippen molar-refractivity contribution in [3.63, 3.8) is 0 Å². The average molecular weight is 403 g/mol. The van der Waals surface area contributed by atoms with Crippen molar-refractivity contribution in [2.45, 2.75) is 6.92 Å². The largest absolute Gasteiger partial charge is 0.324 e. The summed E-state index contributed by atoms with van der Waals surface area (Å²) in [5, 5.41) is 5.21. The number of nitrogens with zero attached hydrogens (tertiary/aromatic N) is 1. The zero-order chi connectivity index (χ0) is 19.6. The number of sulfonamides is 1. The monoisotopic (exact) mass is 402 g/mol. The number of benzene rings is 3. The molecule has 0 aliphatic carbocycles. The lowest BCUT2D eigenvalue weighted by atomic mass is 10.1. The molecule has 0 saturated heterocycles. The van der Waals surface area contributed by atoms with Gasteiger partial charge in [-0.1, -0.05) is 48.0 Å². The number of hydrogen-bond donors (Lipinski definition) is 1. The Hall–Kier alpha value is -2.57. The van der Waals surface area contributed by atoms with E-state index in [-0.39, 0.29) is 6.54 Å². The number of anilines is 2. The number of fused-ring (bicyclic) bond motifs is 1. The molecule has 0 saturated carbocycles. The minimum atomic E-state index is -3.67. The van der Waals surface area contributed by atoms with E-state index in [9.17, 15) is 13.2 Å². The highest BCUT2D eigenvalue weighted by Crippen LogP contribution is 2.26. The van der Waals surface area contributed by atoms with Crippen LogP contribution in [0.5, 0.6) is 0 Å². The summed E-state index contributed by atoms with van der Waals surface area (Å²) in [4.78, 5) is 12.5. The lowest BCUT2D eigenvalue weighted by Gasteiger charge is -2.24. The van der Waals surface area contributed by atoms with Gasteiger partial charge in [-0.3, -0.25) is 9.10 Å². The van der Waals surface area contributed by atoms with Crippen LogP contribution in [0.25, 0.3) is 10.8 Å². The minimum absolute atomic E-state index is 0.340. The molecule has 0 bridgehead atoms. The topological polar surface area (TPSA) is 66.5 Å². The van der Waals surface area contributed by atoms with Gasteiger partial charge in [0.05, 0.1) is 11.9 Å². The molecule has 0 aromatic heterocycles. The predicted octanol–water partition coefficient (Wildman–Crippen LogP) is 4.21. The Labute approximate surface area is 163 Å². The van der Waals surface area contributed by atoms with E-state index in [0.717, 1.165) is 21.3 Å². The lowest BCUT2D eigenvalue weighted by Crippen LogP contribution is -2.37. The summed E-state index contributed by atoms with van der Waals surface area (Å²) in [6, 6.07) is 18.3. The summed E-state index contributed by atoms with van der Waals surface area (Å²) in [6.45, 7) is 1.43. The molecule has 0 aliphatic rings. The molecule has 3 rings (SSSR count). The molecular weight excluding hydrogens is 384 g/mol. The van der Waals surface area contributed by atoms with Gasteiger partial charge in [-0.2, -0.15) is 0 Å². The summed E-state index contributed by atoms with van der Waals surface area (Å²) in [5.74, 6) is -0.435. The Balaban J connectivity index is 1.85. The second kappa shape index (κ2) is 7.58. The molecule has 0 fully saturated rings. The fourth-order valence-electron chi connectivity index (χ4n) is 2.83. The van der Waals surface area contributed by atoms with Crippen molar-refractivity contribution in [3.05, 3.63) is 71.2 Å². The number of aryl methyl sites for hydroxylation is 1. The maximum Gasteiger partial charge on any atom is 0.245 e. The van der Waals surface area contributed by atoms with Crippen molar-refractivity contribution >= 4 is 49.7 Å². The minimum Gasteiger partial charge on any atom is -0.324 e. The number of carbonyl (C=O) groups is 1. The zero-order valence-corrected chi connectivity index (χ0v) is 16.5. The molecule has 7 heteroatoms. The van der Waals surface area contributed by atoms with Crippen LogP contribution in [0.1, 0.15) is 5.56 Å². The molecule has 27 heavy (non-hydrogen) atoms. The Bertz CT molecular complexity index is 1110. The van der Waals surface area contributed by atoms with E-state index in [4.69, 9.17) is 11.6 Å². The van der Waals surface area contributed by atoms with Gasteiger partial charge >= 0.3 is 0 Å². The molecule has 140 valence electrons. The van der Waals surface area contributed by atoms with Gasteiger partial charge in [0.25, 0.3) is 0 Å². The molecule has 0 radical (unpaired) electrons. The lowest BCUT2D eigenvalue weighted by molar-refractivity contribution is -0.114. The Kier molecular flexibility index (Phi) is 5.39.